The maximum atomic E-state index is 8.94. The van der Waals surface area contributed by atoms with Crippen LogP contribution in [0.5, 0.6) is 0 Å². The second-order valence-corrected chi connectivity index (χ2v) is 4.64. The molecule has 3 heteroatoms. The molecule has 0 unspecified atom stereocenters. The van der Waals surface area contributed by atoms with E-state index in [2.05, 4.69) is 5.16 Å². The van der Waals surface area contributed by atoms with Gasteiger partial charge in [0.1, 0.15) is 0 Å². The van der Waals surface area contributed by atoms with Crippen LogP contribution in [0.4, 0.5) is 0 Å². The Kier molecular flexibility index (Phi) is 3.17. The van der Waals surface area contributed by atoms with Crippen LogP contribution in [-0.4, -0.2) is 10.9 Å². The number of nitrogens with zero attached hydrogens (tertiary/aromatic N) is 1. The van der Waals surface area contributed by atoms with E-state index >= 15 is 0 Å². The van der Waals surface area contributed by atoms with Crippen LogP contribution in [0.15, 0.2) is 29.4 Å². The van der Waals surface area contributed by atoms with E-state index < -0.39 is 0 Å². The number of hydrogen-bond donors (Lipinski definition) is 1. The molecule has 0 amide bonds. The van der Waals surface area contributed by atoms with Crippen molar-refractivity contribution in [1.82, 2.24) is 0 Å². The van der Waals surface area contributed by atoms with E-state index in [9.17, 15) is 0 Å². The molecule has 0 radical (unpaired) electrons. The average molecular weight is 212 g/mol. The molecular formula is C11H14ClNO. The van der Waals surface area contributed by atoms with E-state index in [1.807, 2.05) is 32.9 Å². The van der Waals surface area contributed by atoms with Crippen LogP contribution < -0.4 is 0 Å². The third-order valence-electron chi connectivity index (χ3n) is 1.93. The number of hydrogen-bond acceptors (Lipinski definition) is 2. The molecule has 0 aromatic heterocycles. The monoisotopic (exact) mass is 211 g/mol. The minimum atomic E-state index is -0.178. The largest absolute Gasteiger partial charge is 0.411 e. The Balaban J connectivity index is 3.10. The van der Waals surface area contributed by atoms with Crippen molar-refractivity contribution >= 4 is 17.3 Å². The average Bonchev–Trinajstić information content (AvgIpc) is 2.07. The first-order chi connectivity index (χ1) is 6.45. The second-order valence-electron chi connectivity index (χ2n) is 4.21. The SMILES string of the molecule is CC(C)(C)/C(=N/O)c1ccc(Cl)cc1. The molecular weight excluding hydrogens is 198 g/mol. The summed E-state index contributed by atoms with van der Waals surface area (Å²) in [6.07, 6.45) is 0. The van der Waals surface area contributed by atoms with E-state index in [0.717, 1.165) is 5.56 Å². The minimum absolute atomic E-state index is 0.178. The molecule has 0 aliphatic rings. The lowest BCUT2D eigenvalue weighted by Crippen LogP contribution is -2.21. The van der Waals surface area contributed by atoms with Crippen LogP contribution in [0, 0.1) is 5.41 Å². The third-order valence-corrected chi connectivity index (χ3v) is 2.18. The van der Waals surface area contributed by atoms with Gasteiger partial charge in [-0.1, -0.05) is 49.7 Å². The normalized spacial score (nSPS) is 13.0. The highest BCUT2D eigenvalue weighted by molar-refractivity contribution is 6.30. The van der Waals surface area contributed by atoms with Gasteiger partial charge in [0.15, 0.2) is 0 Å². The van der Waals surface area contributed by atoms with Gasteiger partial charge in [0.25, 0.3) is 0 Å². The minimum Gasteiger partial charge on any atom is -0.411 e. The van der Waals surface area contributed by atoms with Gasteiger partial charge < -0.3 is 5.21 Å². The fraction of sp³-hybridized carbons (Fsp3) is 0.364. The van der Waals surface area contributed by atoms with Crippen LogP contribution in [-0.2, 0) is 0 Å². The molecule has 76 valence electrons. The first-order valence-electron chi connectivity index (χ1n) is 4.43. The first-order valence-corrected chi connectivity index (χ1v) is 4.81. The van der Waals surface area contributed by atoms with Gasteiger partial charge in [-0.05, 0) is 17.7 Å². The summed E-state index contributed by atoms with van der Waals surface area (Å²) in [5, 5.41) is 13.0. The van der Waals surface area contributed by atoms with Crippen LogP contribution in [0.25, 0.3) is 0 Å². The molecule has 1 aromatic carbocycles. The van der Waals surface area contributed by atoms with Crippen LogP contribution in [0.2, 0.25) is 5.02 Å². The molecule has 2 nitrogen and oxygen atoms in total. The lowest BCUT2D eigenvalue weighted by molar-refractivity contribution is 0.311. The molecule has 0 bridgehead atoms. The van der Waals surface area contributed by atoms with Gasteiger partial charge in [-0.15, -0.1) is 0 Å². The van der Waals surface area contributed by atoms with Gasteiger partial charge in [-0.25, -0.2) is 0 Å². The van der Waals surface area contributed by atoms with Gasteiger partial charge in [0.2, 0.25) is 0 Å². The summed E-state index contributed by atoms with van der Waals surface area (Å²) in [5.74, 6) is 0. The van der Waals surface area contributed by atoms with Crippen molar-refractivity contribution in [3.8, 4) is 0 Å². The van der Waals surface area contributed by atoms with E-state index in [1.54, 1.807) is 12.1 Å². The Morgan fingerprint density at radius 1 is 1.21 bits per heavy atom. The van der Waals surface area contributed by atoms with Crippen LogP contribution in [0.3, 0.4) is 0 Å². The summed E-state index contributed by atoms with van der Waals surface area (Å²) >= 11 is 5.77. The zero-order valence-corrected chi connectivity index (χ0v) is 9.34. The summed E-state index contributed by atoms with van der Waals surface area (Å²) < 4.78 is 0. The van der Waals surface area contributed by atoms with Gasteiger partial charge in [0, 0.05) is 10.4 Å². The topological polar surface area (TPSA) is 32.6 Å². The van der Waals surface area contributed by atoms with Gasteiger partial charge in [-0.2, -0.15) is 0 Å². The lowest BCUT2D eigenvalue weighted by Gasteiger charge is -2.19. The maximum absolute atomic E-state index is 8.94. The van der Waals surface area contributed by atoms with Crippen molar-refractivity contribution in [2.75, 3.05) is 0 Å². The van der Waals surface area contributed by atoms with Gasteiger partial charge >= 0.3 is 0 Å². The molecule has 1 rings (SSSR count). The van der Waals surface area contributed by atoms with Gasteiger partial charge in [-0.3, -0.25) is 0 Å². The van der Waals surface area contributed by atoms with Crippen molar-refractivity contribution in [1.29, 1.82) is 0 Å². The van der Waals surface area contributed by atoms with Crippen molar-refractivity contribution in [3.63, 3.8) is 0 Å². The molecule has 1 N–H and O–H groups in total. The second kappa shape index (κ2) is 4.01. The molecule has 14 heavy (non-hydrogen) atoms. The molecule has 0 atom stereocenters. The van der Waals surface area contributed by atoms with E-state index in [1.165, 1.54) is 0 Å². The van der Waals surface area contributed by atoms with Gasteiger partial charge in [0.05, 0.1) is 5.71 Å². The molecule has 0 saturated heterocycles. The number of benzene rings is 1. The van der Waals surface area contributed by atoms with Crippen molar-refractivity contribution in [2.45, 2.75) is 20.8 Å². The highest BCUT2D eigenvalue weighted by Gasteiger charge is 2.21. The molecule has 0 fully saturated rings. The van der Waals surface area contributed by atoms with Crippen LogP contribution in [0.1, 0.15) is 26.3 Å². The van der Waals surface area contributed by atoms with Crippen molar-refractivity contribution in [2.24, 2.45) is 10.6 Å². The number of halogens is 1. The Morgan fingerprint density at radius 2 is 1.71 bits per heavy atom. The predicted molar refractivity (Wildman–Crippen MR) is 59.2 cm³/mol. The summed E-state index contributed by atoms with van der Waals surface area (Å²) in [6.45, 7) is 5.99. The highest BCUT2D eigenvalue weighted by Crippen LogP contribution is 2.22. The smallest absolute Gasteiger partial charge is 0.0921 e. The summed E-state index contributed by atoms with van der Waals surface area (Å²) in [7, 11) is 0. The highest BCUT2D eigenvalue weighted by atomic mass is 35.5. The molecule has 0 heterocycles. The Bertz CT molecular complexity index is 335. The first kappa shape index (κ1) is 11.1. The zero-order valence-electron chi connectivity index (χ0n) is 8.58. The molecule has 0 aliphatic heterocycles. The van der Waals surface area contributed by atoms with E-state index in [-0.39, 0.29) is 5.41 Å². The molecule has 0 spiro atoms. The van der Waals surface area contributed by atoms with Crippen LogP contribution >= 0.6 is 11.6 Å². The summed E-state index contributed by atoms with van der Waals surface area (Å²) in [5.41, 5.74) is 1.38. The Labute approximate surface area is 89.2 Å². The fourth-order valence-electron chi connectivity index (χ4n) is 1.25. The van der Waals surface area contributed by atoms with E-state index in [0.29, 0.717) is 10.7 Å². The third kappa shape index (κ3) is 2.48. The quantitative estimate of drug-likeness (QED) is 0.430. The Hall–Kier alpha value is -1.02. The number of rotatable bonds is 1. The molecule has 0 aliphatic carbocycles. The fourth-order valence-corrected chi connectivity index (χ4v) is 1.37. The summed E-state index contributed by atoms with van der Waals surface area (Å²) in [6, 6.07) is 7.27. The predicted octanol–water partition coefficient (Wildman–Crippen LogP) is 3.56. The zero-order chi connectivity index (χ0) is 10.8. The molecule has 0 saturated carbocycles. The number of oxime groups is 1. The van der Waals surface area contributed by atoms with Crippen molar-refractivity contribution < 1.29 is 5.21 Å². The Morgan fingerprint density at radius 3 is 2.07 bits per heavy atom. The van der Waals surface area contributed by atoms with E-state index in [4.69, 9.17) is 16.8 Å². The lowest BCUT2D eigenvalue weighted by atomic mass is 9.86. The van der Waals surface area contributed by atoms with Crippen molar-refractivity contribution in [3.05, 3.63) is 34.9 Å². The standard InChI is InChI=1S/C11H14ClNO/c1-11(2,3)10(13-14)8-4-6-9(12)7-5-8/h4-7,14H,1-3H3/b13-10+. The molecule has 1 aromatic rings. The summed E-state index contributed by atoms with van der Waals surface area (Å²) in [4.78, 5) is 0. The maximum Gasteiger partial charge on any atom is 0.0921 e.